The normalized spacial score (nSPS) is 13.8. The van der Waals surface area contributed by atoms with E-state index in [4.69, 9.17) is 4.74 Å². The number of fused-ring (bicyclic) bond motifs is 1. The van der Waals surface area contributed by atoms with Crippen molar-refractivity contribution >= 4 is 28.4 Å². The first-order valence-electron chi connectivity index (χ1n) is 10.3. The highest BCUT2D eigenvalue weighted by molar-refractivity contribution is 7.15. The standard InChI is InChI=1S/C25H20F2N2O2S/c1-31-22-4-2-3-16(20(22)11-15-5-6-15)7-8-21-23(17-12-18(26)14-19(27)13-17)24(30)29-9-10-32-25(29)28-21/h2-4,7-10,12-15H,5-6,11H2,1H3/b8-7+. The first kappa shape index (κ1) is 20.6. The van der Waals surface area contributed by atoms with Crippen molar-refractivity contribution in [1.29, 1.82) is 0 Å². The highest BCUT2D eigenvalue weighted by Crippen LogP contribution is 2.37. The highest BCUT2D eigenvalue weighted by atomic mass is 32.1. The van der Waals surface area contributed by atoms with Gasteiger partial charge < -0.3 is 4.74 Å². The Hall–Kier alpha value is -3.32. The Morgan fingerprint density at radius 3 is 2.69 bits per heavy atom. The minimum atomic E-state index is -0.746. The lowest BCUT2D eigenvalue weighted by Gasteiger charge is -2.12. The third-order valence-electron chi connectivity index (χ3n) is 5.65. The van der Waals surface area contributed by atoms with Gasteiger partial charge in [0.25, 0.3) is 5.56 Å². The van der Waals surface area contributed by atoms with E-state index in [-0.39, 0.29) is 16.7 Å². The summed E-state index contributed by atoms with van der Waals surface area (Å²) in [6.45, 7) is 0. The second-order valence-corrected chi connectivity index (χ2v) is 8.77. The summed E-state index contributed by atoms with van der Waals surface area (Å²) in [6.07, 6.45) is 8.59. The molecule has 0 N–H and O–H groups in total. The summed E-state index contributed by atoms with van der Waals surface area (Å²) < 4.78 is 34.9. The molecule has 1 fully saturated rings. The summed E-state index contributed by atoms with van der Waals surface area (Å²) >= 11 is 1.32. The van der Waals surface area contributed by atoms with Crippen LogP contribution in [0, 0.1) is 17.6 Å². The molecule has 1 aliphatic carbocycles. The Kier molecular flexibility index (Phi) is 5.35. The minimum Gasteiger partial charge on any atom is -0.496 e. The van der Waals surface area contributed by atoms with Crippen LogP contribution in [0.1, 0.15) is 29.7 Å². The van der Waals surface area contributed by atoms with E-state index in [0.29, 0.717) is 16.6 Å². The predicted octanol–water partition coefficient (Wildman–Crippen LogP) is 5.83. The van der Waals surface area contributed by atoms with Gasteiger partial charge in [0.15, 0.2) is 4.96 Å². The molecule has 0 aliphatic heterocycles. The van der Waals surface area contributed by atoms with Gasteiger partial charge in [-0.15, -0.1) is 11.3 Å². The molecule has 1 saturated carbocycles. The molecule has 162 valence electrons. The van der Waals surface area contributed by atoms with E-state index in [1.807, 2.05) is 24.3 Å². The molecule has 0 amide bonds. The Bertz CT molecular complexity index is 1380. The average molecular weight is 451 g/mol. The Morgan fingerprint density at radius 1 is 1.19 bits per heavy atom. The van der Waals surface area contributed by atoms with E-state index in [1.165, 1.54) is 28.6 Å². The fourth-order valence-corrected chi connectivity index (χ4v) is 4.63. The zero-order chi connectivity index (χ0) is 22.2. The maximum atomic E-state index is 13.9. The van der Waals surface area contributed by atoms with E-state index in [2.05, 4.69) is 4.98 Å². The van der Waals surface area contributed by atoms with E-state index in [1.54, 1.807) is 24.8 Å². The lowest BCUT2D eigenvalue weighted by Crippen LogP contribution is -2.17. The molecule has 5 rings (SSSR count). The highest BCUT2D eigenvalue weighted by Gasteiger charge is 2.24. The van der Waals surface area contributed by atoms with Gasteiger partial charge in [-0.25, -0.2) is 13.8 Å². The molecule has 2 aromatic carbocycles. The molecule has 0 spiro atoms. The van der Waals surface area contributed by atoms with Gasteiger partial charge in [0, 0.05) is 23.2 Å². The monoisotopic (exact) mass is 450 g/mol. The van der Waals surface area contributed by atoms with Crippen LogP contribution >= 0.6 is 11.3 Å². The third-order valence-corrected chi connectivity index (χ3v) is 6.40. The van der Waals surface area contributed by atoms with Crippen molar-refractivity contribution in [3.05, 3.63) is 86.8 Å². The molecule has 7 heteroatoms. The lowest BCUT2D eigenvalue weighted by atomic mass is 9.99. The Balaban J connectivity index is 1.67. The van der Waals surface area contributed by atoms with Gasteiger partial charge in [-0.05, 0) is 60.6 Å². The van der Waals surface area contributed by atoms with Crippen LogP contribution in [0.4, 0.5) is 8.78 Å². The molecule has 4 nitrogen and oxygen atoms in total. The zero-order valence-corrected chi connectivity index (χ0v) is 18.2. The van der Waals surface area contributed by atoms with Crippen LogP contribution < -0.4 is 10.3 Å². The molecule has 0 atom stereocenters. The van der Waals surface area contributed by atoms with Crippen LogP contribution in [-0.2, 0) is 6.42 Å². The second-order valence-electron chi connectivity index (χ2n) is 7.90. The molecule has 0 bridgehead atoms. The zero-order valence-electron chi connectivity index (χ0n) is 17.3. The largest absolute Gasteiger partial charge is 0.496 e. The molecule has 2 heterocycles. The SMILES string of the molecule is COc1cccc(/C=C/c2nc3sccn3c(=O)c2-c2cc(F)cc(F)c2)c1CC1CC1. The van der Waals surface area contributed by atoms with Gasteiger partial charge in [-0.3, -0.25) is 9.20 Å². The van der Waals surface area contributed by atoms with E-state index in [9.17, 15) is 13.6 Å². The molecular weight excluding hydrogens is 430 g/mol. The Labute approximate surface area is 187 Å². The Morgan fingerprint density at radius 2 is 1.97 bits per heavy atom. The van der Waals surface area contributed by atoms with Crippen LogP contribution in [0.25, 0.3) is 28.2 Å². The smallest absolute Gasteiger partial charge is 0.266 e. The molecule has 4 aromatic rings. The maximum absolute atomic E-state index is 13.9. The van der Waals surface area contributed by atoms with Crippen LogP contribution in [-0.4, -0.2) is 16.5 Å². The molecule has 0 radical (unpaired) electrons. The molecule has 1 aliphatic rings. The van der Waals surface area contributed by atoms with Gasteiger partial charge in [0.05, 0.1) is 18.4 Å². The summed E-state index contributed by atoms with van der Waals surface area (Å²) in [7, 11) is 1.66. The van der Waals surface area contributed by atoms with Gasteiger partial charge >= 0.3 is 0 Å². The fourth-order valence-electron chi connectivity index (χ4n) is 3.91. The summed E-state index contributed by atoms with van der Waals surface area (Å²) in [5.74, 6) is -0.00347. The number of ether oxygens (including phenoxy) is 1. The summed E-state index contributed by atoms with van der Waals surface area (Å²) in [5.41, 5.74) is 2.39. The number of hydrogen-bond acceptors (Lipinski definition) is 4. The molecule has 32 heavy (non-hydrogen) atoms. The van der Waals surface area contributed by atoms with Gasteiger partial charge in [-0.1, -0.05) is 18.2 Å². The first-order valence-corrected chi connectivity index (χ1v) is 11.2. The number of rotatable bonds is 6. The van der Waals surface area contributed by atoms with E-state index >= 15 is 0 Å². The fraction of sp³-hybridized carbons (Fsp3) is 0.200. The minimum absolute atomic E-state index is 0.155. The number of benzene rings is 2. The van der Waals surface area contributed by atoms with Crippen molar-refractivity contribution in [2.75, 3.05) is 7.11 Å². The molecule has 2 aromatic heterocycles. The molecule has 0 unspecified atom stereocenters. The number of thiazole rings is 1. The number of halogens is 2. The topological polar surface area (TPSA) is 43.6 Å². The van der Waals surface area contributed by atoms with E-state index in [0.717, 1.165) is 41.5 Å². The van der Waals surface area contributed by atoms with Gasteiger partial charge in [-0.2, -0.15) is 0 Å². The summed E-state index contributed by atoms with van der Waals surface area (Å²) in [6, 6.07) is 8.95. The van der Waals surface area contributed by atoms with Crippen molar-refractivity contribution < 1.29 is 13.5 Å². The number of aromatic nitrogens is 2. The van der Waals surface area contributed by atoms with Crippen molar-refractivity contribution in [2.24, 2.45) is 5.92 Å². The first-order chi connectivity index (χ1) is 15.5. The van der Waals surface area contributed by atoms with Crippen molar-refractivity contribution in [3.63, 3.8) is 0 Å². The van der Waals surface area contributed by atoms with Crippen LogP contribution in [0.3, 0.4) is 0 Å². The predicted molar refractivity (Wildman–Crippen MR) is 123 cm³/mol. The van der Waals surface area contributed by atoms with Gasteiger partial charge in [0.1, 0.15) is 17.4 Å². The second kappa shape index (κ2) is 8.31. The number of nitrogens with zero attached hydrogens (tertiary/aromatic N) is 2. The molecular formula is C25H20F2N2O2S. The summed E-state index contributed by atoms with van der Waals surface area (Å²) in [4.78, 5) is 18.3. The number of hydrogen-bond donors (Lipinski definition) is 0. The molecule has 0 saturated heterocycles. The maximum Gasteiger partial charge on any atom is 0.266 e. The van der Waals surface area contributed by atoms with Crippen molar-refractivity contribution in [2.45, 2.75) is 19.3 Å². The third kappa shape index (κ3) is 3.96. The van der Waals surface area contributed by atoms with Crippen LogP contribution in [0.5, 0.6) is 5.75 Å². The van der Waals surface area contributed by atoms with E-state index < -0.39 is 11.6 Å². The number of methoxy groups -OCH3 is 1. The lowest BCUT2D eigenvalue weighted by molar-refractivity contribution is 0.408. The van der Waals surface area contributed by atoms with Crippen molar-refractivity contribution in [3.8, 4) is 16.9 Å². The van der Waals surface area contributed by atoms with Crippen molar-refractivity contribution in [1.82, 2.24) is 9.38 Å². The van der Waals surface area contributed by atoms with Crippen LogP contribution in [0.15, 0.2) is 52.8 Å². The average Bonchev–Trinajstić information content (AvgIpc) is 3.45. The summed E-state index contributed by atoms with van der Waals surface area (Å²) in [5, 5.41) is 1.75. The quantitative estimate of drug-likeness (QED) is 0.371. The van der Waals surface area contributed by atoms with Crippen LogP contribution in [0.2, 0.25) is 0 Å². The van der Waals surface area contributed by atoms with Gasteiger partial charge in [0.2, 0.25) is 0 Å².